The molecule has 2 aromatic carbocycles. The molecule has 184 valence electrons. The first-order valence-corrected chi connectivity index (χ1v) is 10.2. The Morgan fingerprint density at radius 3 is 2.65 bits per heavy atom. The summed E-state index contributed by atoms with van der Waals surface area (Å²) in [6.45, 7) is 4.18. The Kier molecular flexibility index (Phi) is 9.22. The molecular weight excluding hydrogens is 455 g/mol. The minimum absolute atomic E-state index is 0.0256. The molecule has 0 aliphatic heterocycles. The van der Waals surface area contributed by atoms with Gasteiger partial charge in [0.05, 0.1) is 34.7 Å². The molecule has 0 aliphatic carbocycles. The highest BCUT2D eigenvalue weighted by molar-refractivity contribution is 5.90. The van der Waals surface area contributed by atoms with E-state index >= 15 is 0 Å². The minimum Gasteiger partial charge on any atom is -0.487 e. The quantitative estimate of drug-likeness (QED) is 0.209. The number of aliphatic imine (C=N–C) groups is 1. The van der Waals surface area contributed by atoms with Gasteiger partial charge in [0.25, 0.3) is 5.69 Å². The van der Waals surface area contributed by atoms with Crippen LogP contribution in [0, 0.1) is 17.0 Å². The summed E-state index contributed by atoms with van der Waals surface area (Å²) in [6, 6.07) is 7.46. The summed E-state index contributed by atoms with van der Waals surface area (Å²) in [5.41, 5.74) is 0.724. The van der Waals surface area contributed by atoms with Gasteiger partial charge in [0.1, 0.15) is 25.2 Å². The van der Waals surface area contributed by atoms with Gasteiger partial charge < -0.3 is 19.8 Å². The SMILES string of the molecule is CCN(C)C=Nc1cc([N+](=O)[O-])c(C)cc1NC/C(COc1cccc(C(F)(F)F)c1)=N/OC. The van der Waals surface area contributed by atoms with Crippen LogP contribution in [0.3, 0.4) is 0 Å². The molecular formula is C22H26F3N5O4. The Bertz CT molecular complexity index is 1060. The van der Waals surface area contributed by atoms with Gasteiger partial charge in [0.15, 0.2) is 0 Å². The number of hydrogen-bond donors (Lipinski definition) is 1. The Labute approximate surface area is 195 Å². The minimum atomic E-state index is -4.49. The van der Waals surface area contributed by atoms with Crippen LogP contribution in [0.15, 0.2) is 46.5 Å². The fraction of sp³-hybridized carbons (Fsp3) is 0.364. The van der Waals surface area contributed by atoms with Gasteiger partial charge in [-0.2, -0.15) is 13.2 Å². The lowest BCUT2D eigenvalue weighted by Gasteiger charge is -2.14. The lowest BCUT2D eigenvalue weighted by Crippen LogP contribution is -2.22. The van der Waals surface area contributed by atoms with Crippen molar-refractivity contribution in [1.82, 2.24) is 4.90 Å². The summed E-state index contributed by atoms with van der Waals surface area (Å²) in [5.74, 6) is 0.0256. The number of nitro benzene ring substituents is 1. The molecule has 0 spiro atoms. The topological polar surface area (TPSA) is 102 Å². The zero-order valence-corrected chi connectivity index (χ0v) is 19.2. The normalized spacial score (nSPS) is 12.0. The van der Waals surface area contributed by atoms with E-state index < -0.39 is 16.7 Å². The maximum atomic E-state index is 12.9. The zero-order valence-electron chi connectivity index (χ0n) is 19.2. The van der Waals surface area contributed by atoms with E-state index in [1.807, 2.05) is 14.0 Å². The molecule has 0 fully saturated rings. The second-order valence-electron chi connectivity index (χ2n) is 7.24. The van der Waals surface area contributed by atoms with Gasteiger partial charge in [0.2, 0.25) is 0 Å². The number of halogens is 3. The first kappa shape index (κ1) is 26.4. The number of ether oxygens (including phenoxy) is 1. The maximum absolute atomic E-state index is 12.9. The molecule has 2 aromatic rings. The van der Waals surface area contributed by atoms with Crippen LogP contribution >= 0.6 is 0 Å². The van der Waals surface area contributed by atoms with Crippen molar-refractivity contribution >= 4 is 29.1 Å². The van der Waals surface area contributed by atoms with Crippen molar-refractivity contribution < 1.29 is 27.7 Å². The van der Waals surface area contributed by atoms with Crippen molar-refractivity contribution in [2.75, 3.05) is 39.2 Å². The molecule has 2 rings (SSSR count). The Balaban J connectivity index is 2.20. The molecule has 0 aromatic heterocycles. The number of nitrogens with one attached hydrogen (secondary N) is 1. The van der Waals surface area contributed by atoms with E-state index in [0.29, 0.717) is 29.2 Å². The van der Waals surface area contributed by atoms with E-state index in [0.717, 1.165) is 12.1 Å². The van der Waals surface area contributed by atoms with Gasteiger partial charge in [0, 0.05) is 25.2 Å². The number of anilines is 1. The predicted molar refractivity (Wildman–Crippen MR) is 124 cm³/mol. The van der Waals surface area contributed by atoms with Crippen molar-refractivity contribution in [3.63, 3.8) is 0 Å². The molecule has 34 heavy (non-hydrogen) atoms. The van der Waals surface area contributed by atoms with E-state index in [2.05, 4.69) is 15.5 Å². The second kappa shape index (κ2) is 11.9. The molecule has 0 heterocycles. The predicted octanol–water partition coefficient (Wildman–Crippen LogP) is 5.03. The third-order valence-electron chi connectivity index (χ3n) is 4.67. The Morgan fingerprint density at radius 1 is 1.29 bits per heavy atom. The lowest BCUT2D eigenvalue weighted by atomic mass is 10.1. The number of aryl methyl sites for hydroxylation is 1. The zero-order chi connectivity index (χ0) is 25.3. The monoisotopic (exact) mass is 481 g/mol. The van der Waals surface area contributed by atoms with E-state index in [4.69, 9.17) is 9.57 Å². The summed E-state index contributed by atoms with van der Waals surface area (Å²) in [5, 5.41) is 18.3. The smallest absolute Gasteiger partial charge is 0.416 e. The van der Waals surface area contributed by atoms with Gasteiger partial charge in [-0.25, -0.2) is 4.99 Å². The first-order valence-electron chi connectivity index (χ1n) is 10.2. The third-order valence-corrected chi connectivity index (χ3v) is 4.67. The first-order chi connectivity index (χ1) is 16.0. The van der Waals surface area contributed by atoms with E-state index in [9.17, 15) is 23.3 Å². The van der Waals surface area contributed by atoms with Crippen molar-refractivity contribution in [3.8, 4) is 5.75 Å². The van der Waals surface area contributed by atoms with Crippen molar-refractivity contribution in [3.05, 3.63) is 57.6 Å². The fourth-order valence-corrected chi connectivity index (χ4v) is 2.74. The molecule has 0 radical (unpaired) electrons. The molecule has 9 nitrogen and oxygen atoms in total. The van der Waals surface area contributed by atoms with Crippen LogP contribution < -0.4 is 10.1 Å². The summed E-state index contributed by atoms with van der Waals surface area (Å²) < 4.78 is 44.2. The third kappa shape index (κ3) is 7.64. The van der Waals surface area contributed by atoms with Crippen LogP contribution in [-0.4, -0.2) is 55.7 Å². The van der Waals surface area contributed by atoms with Crippen LogP contribution in [0.1, 0.15) is 18.1 Å². The number of nitrogens with zero attached hydrogens (tertiary/aromatic N) is 4. The van der Waals surface area contributed by atoms with Crippen LogP contribution in [-0.2, 0) is 11.0 Å². The van der Waals surface area contributed by atoms with Gasteiger partial charge in [-0.05, 0) is 38.1 Å². The summed E-state index contributed by atoms with van der Waals surface area (Å²) >= 11 is 0. The average Bonchev–Trinajstić information content (AvgIpc) is 2.79. The molecule has 0 aliphatic rings. The molecule has 0 unspecified atom stereocenters. The van der Waals surface area contributed by atoms with Crippen LogP contribution in [0.2, 0.25) is 0 Å². The van der Waals surface area contributed by atoms with Crippen LogP contribution in [0.5, 0.6) is 5.75 Å². The summed E-state index contributed by atoms with van der Waals surface area (Å²) in [6.07, 6.45) is -2.93. The molecule has 0 bridgehead atoms. The van der Waals surface area contributed by atoms with Gasteiger partial charge in [-0.1, -0.05) is 11.2 Å². The van der Waals surface area contributed by atoms with Crippen LogP contribution in [0.4, 0.5) is 30.2 Å². The summed E-state index contributed by atoms with van der Waals surface area (Å²) in [4.78, 5) is 21.8. The van der Waals surface area contributed by atoms with Crippen molar-refractivity contribution in [2.45, 2.75) is 20.0 Å². The Hall–Kier alpha value is -3.83. The highest BCUT2D eigenvalue weighted by atomic mass is 19.4. The number of benzene rings is 2. The average molecular weight is 481 g/mol. The van der Waals surface area contributed by atoms with Gasteiger partial charge >= 0.3 is 6.18 Å². The largest absolute Gasteiger partial charge is 0.487 e. The van der Waals surface area contributed by atoms with Crippen LogP contribution in [0.25, 0.3) is 0 Å². The van der Waals surface area contributed by atoms with Gasteiger partial charge in [-0.15, -0.1) is 0 Å². The van der Waals surface area contributed by atoms with E-state index in [1.165, 1.54) is 25.3 Å². The number of nitro groups is 1. The van der Waals surface area contributed by atoms with E-state index in [-0.39, 0.29) is 24.6 Å². The Morgan fingerprint density at radius 2 is 2.03 bits per heavy atom. The fourth-order valence-electron chi connectivity index (χ4n) is 2.74. The highest BCUT2D eigenvalue weighted by Crippen LogP contribution is 2.33. The standard InChI is InChI=1S/C22H26F3N5O4/c1-5-29(3)14-27-20-11-21(30(31)32)15(2)9-19(20)26-12-17(28-33-4)13-34-18-8-6-7-16(10-18)22(23,24)25/h6-11,14,26H,5,12-13H2,1-4H3/b27-14?,28-17-. The van der Waals surface area contributed by atoms with E-state index in [1.54, 1.807) is 24.2 Å². The molecule has 0 atom stereocenters. The molecule has 0 saturated carbocycles. The number of hydrogen-bond acceptors (Lipinski definition) is 7. The maximum Gasteiger partial charge on any atom is 0.416 e. The lowest BCUT2D eigenvalue weighted by molar-refractivity contribution is -0.385. The summed E-state index contributed by atoms with van der Waals surface area (Å²) in [7, 11) is 3.14. The molecule has 1 N–H and O–H groups in total. The second-order valence-corrected chi connectivity index (χ2v) is 7.24. The number of alkyl halides is 3. The number of oxime groups is 1. The highest BCUT2D eigenvalue weighted by Gasteiger charge is 2.30. The van der Waals surface area contributed by atoms with Gasteiger partial charge in [-0.3, -0.25) is 10.1 Å². The van der Waals surface area contributed by atoms with Crippen molar-refractivity contribution in [1.29, 1.82) is 0 Å². The molecule has 0 amide bonds. The van der Waals surface area contributed by atoms with Crippen molar-refractivity contribution in [2.24, 2.45) is 10.1 Å². The molecule has 12 heteroatoms. The number of rotatable bonds is 11. The molecule has 0 saturated heterocycles.